The van der Waals surface area contributed by atoms with Crippen molar-refractivity contribution in [3.63, 3.8) is 0 Å². The van der Waals surface area contributed by atoms with Crippen LogP contribution in [0, 0.1) is 0 Å². The van der Waals surface area contributed by atoms with Crippen LogP contribution in [-0.4, -0.2) is 13.0 Å². The van der Waals surface area contributed by atoms with Gasteiger partial charge >= 0.3 is 0 Å². The average molecular weight is 371 g/mol. The van der Waals surface area contributed by atoms with Crippen molar-refractivity contribution in [2.24, 2.45) is 0 Å². The number of pyridine rings is 1. The largest absolute Gasteiger partial charge is 0.313 e. The van der Waals surface area contributed by atoms with E-state index in [2.05, 4.69) is 20.7 Å². The van der Waals surface area contributed by atoms with Crippen molar-refractivity contribution >= 4 is 31.6 Å². The number of aryl methyl sites for hydroxylation is 1. The Bertz CT molecular complexity index is 783. The molecule has 2 aromatic rings. The summed E-state index contributed by atoms with van der Waals surface area (Å²) in [6.07, 6.45) is 2.31. The number of halogens is 1. The van der Waals surface area contributed by atoms with Crippen molar-refractivity contribution in [1.29, 1.82) is 0 Å². The molecule has 1 N–H and O–H groups in total. The first kappa shape index (κ1) is 15.8. The molecule has 0 radical (unpaired) electrons. The Labute approximate surface area is 131 Å². The second-order valence-corrected chi connectivity index (χ2v) is 7.11. The number of anilines is 1. The summed E-state index contributed by atoms with van der Waals surface area (Å²) in [4.78, 5) is 11.8. The van der Waals surface area contributed by atoms with Crippen LogP contribution in [-0.2, 0) is 16.6 Å². The molecule has 112 valence electrons. The molecule has 0 atom stereocenters. The van der Waals surface area contributed by atoms with Crippen LogP contribution in [0.3, 0.4) is 0 Å². The minimum Gasteiger partial charge on any atom is -0.313 e. The molecular formula is C14H15BrN2O3S. The van der Waals surface area contributed by atoms with Crippen molar-refractivity contribution in [2.75, 3.05) is 4.72 Å². The third kappa shape index (κ3) is 3.95. The molecule has 2 rings (SSSR count). The van der Waals surface area contributed by atoms with Crippen molar-refractivity contribution in [3.05, 3.63) is 57.4 Å². The molecule has 1 heterocycles. The molecule has 0 unspecified atom stereocenters. The van der Waals surface area contributed by atoms with E-state index in [9.17, 15) is 13.2 Å². The summed E-state index contributed by atoms with van der Waals surface area (Å²) < 4.78 is 29.3. The van der Waals surface area contributed by atoms with Gasteiger partial charge in [-0.2, -0.15) is 0 Å². The van der Waals surface area contributed by atoms with Gasteiger partial charge in [0, 0.05) is 23.3 Å². The molecule has 0 fully saturated rings. The summed E-state index contributed by atoms with van der Waals surface area (Å²) in [6, 6.07) is 9.15. The van der Waals surface area contributed by atoms with E-state index in [1.165, 1.54) is 35.0 Å². The Morgan fingerprint density at radius 2 is 1.81 bits per heavy atom. The van der Waals surface area contributed by atoms with Crippen LogP contribution in [0.15, 0.2) is 56.8 Å². The van der Waals surface area contributed by atoms with Gasteiger partial charge in [-0.1, -0.05) is 22.9 Å². The molecule has 0 saturated heterocycles. The molecule has 0 aliphatic rings. The zero-order chi connectivity index (χ0) is 15.5. The number of hydrogen-bond acceptors (Lipinski definition) is 3. The first-order chi connectivity index (χ1) is 9.92. The first-order valence-corrected chi connectivity index (χ1v) is 8.69. The van der Waals surface area contributed by atoms with Gasteiger partial charge in [0.1, 0.15) is 0 Å². The van der Waals surface area contributed by atoms with Crippen molar-refractivity contribution in [1.82, 2.24) is 4.57 Å². The number of aromatic nitrogens is 1. The minimum absolute atomic E-state index is 0.150. The highest BCUT2D eigenvalue weighted by atomic mass is 79.9. The van der Waals surface area contributed by atoms with Crippen LogP contribution in [0.5, 0.6) is 0 Å². The Balaban J connectivity index is 2.30. The number of sulfonamides is 1. The molecule has 7 heteroatoms. The van der Waals surface area contributed by atoms with Crippen molar-refractivity contribution in [2.45, 2.75) is 24.8 Å². The van der Waals surface area contributed by atoms with E-state index < -0.39 is 10.0 Å². The monoisotopic (exact) mass is 370 g/mol. The lowest BCUT2D eigenvalue weighted by Crippen LogP contribution is -2.20. The van der Waals surface area contributed by atoms with E-state index in [1.54, 1.807) is 12.1 Å². The van der Waals surface area contributed by atoms with Crippen LogP contribution < -0.4 is 10.3 Å². The quantitative estimate of drug-likeness (QED) is 0.879. The number of benzene rings is 1. The summed E-state index contributed by atoms with van der Waals surface area (Å²) in [6.45, 7) is 2.50. The molecular weight excluding hydrogens is 356 g/mol. The average Bonchev–Trinajstić information content (AvgIpc) is 2.43. The predicted octanol–water partition coefficient (Wildman–Crippen LogP) is 2.82. The highest BCUT2D eigenvalue weighted by Crippen LogP contribution is 2.17. The van der Waals surface area contributed by atoms with Gasteiger partial charge in [-0.05, 0) is 36.8 Å². The SMILES string of the molecule is CCCn1cc(NS(=O)(=O)c2ccc(Br)cc2)ccc1=O. The maximum absolute atomic E-state index is 12.3. The normalized spacial score (nSPS) is 11.3. The van der Waals surface area contributed by atoms with Gasteiger partial charge < -0.3 is 4.57 Å². The maximum atomic E-state index is 12.3. The third-order valence-corrected chi connectivity index (χ3v) is 4.75. The second-order valence-electron chi connectivity index (χ2n) is 4.51. The molecule has 0 saturated carbocycles. The number of rotatable bonds is 5. The lowest BCUT2D eigenvalue weighted by Gasteiger charge is -2.10. The number of nitrogens with zero attached hydrogens (tertiary/aromatic N) is 1. The highest BCUT2D eigenvalue weighted by molar-refractivity contribution is 9.10. The smallest absolute Gasteiger partial charge is 0.261 e. The number of nitrogens with one attached hydrogen (secondary N) is 1. The van der Waals surface area contributed by atoms with Crippen molar-refractivity contribution < 1.29 is 8.42 Å². The first-order valence-electron chi connectivity index (χ1n) is 6.41. The van der Waals surface area contributed by atoms with E-state index in [0.29, 0.717) is 12.2 Å². The van der Waals surface area contributed by atoms with Gasteiger partial charge in [0.2, 0.25) is 0 Å². The molecule has 0 spiro atoms. The van der Waals surface area contributed by atoms with Gasteiger partial charge in [-0.15, -0.1) is 0 Å². The zero-order valence-electron chi connectivity index (χ0n) is 11.4. The highest BCUT2D eigenvalue weighted by Gasteiger charge is 2.14. The van der Waals surface area contributed by atoms with Crippen LogP contribution in [0.25, 0.3) is 0 Å². The van der Waals surface area contributed by atoms with Crippen LogP contribution in [0.2, 0.25) is 0 Å². The summed E-state index contributed by atoms with van der Waals surface area (Å²) in [5.41, 5.74) is 0.217. The summed E-state index contributed by atoms with van der Waals surface area (Å²) in [5.74, 6) is 0. The van der Waals surface area contributed by atoms with Crippen LogP contribution in [0.1, 0.15) is 13.3 Å². The molecule has 1 aromatic heterocycles. The van der Waals surface area contributed by atoms with E-state index in [-0.39, 0.29) is 10.5 Å². The minimum atomic E-state index is -3.66. The molecule has 0 bridgehead atoms. The fourth-order valence-corrected chi connectivity index (χ4v) is 3.14. The molecule has 0 aliphatic heterocycles. The molecule has 1 aromatic carbocycles. The number of hydrogen-bond donors (Lipinski definition) is 1. The second kappa shape index (κ2) is 6.44. The molecule has 5 nitrogen and oxygen atoms in total. The van der Waals surface area contributed by atoms with E-state index in [1.807, 2.05) is 6.92 Å². The Morgan fingerprint density at radius 3 is 2.43 bits per heavy atom. The van der Waals surface area contributed by atoms with Crippen molar-refractivity contribution in [3.8, 4) is 0 Å². The van der Waals surface area contributed by atoms with E-state index >= 15 is 0 Å². The fourth-order valence-electron chi connectivity index (χ4n) is 1.84. The van der Waals surface area contributed by atoms with E-state index in [0.717, 1.165) is 10.9 Å². The summed E-state index contributed by atoms with van der Waals surface area (Å²) >= 11 is 3.26. The maximum Gasteiger partial charge on any atom is 0.261 e. The standard InChI is InChI=1S/C14H15BrN2O3S/c1-2-9-17-10-12(5-8-14(17)18)16-21(19,20)13-6-3-11(15)4-7-13/h3-8,10,16H,2,9H2,1H3. The Kier molecular flexibility index (Phi) is 4.84. The molecule has 21 heavy (non-hydrogen) atoms. The Morgan fingerprint density at radius 1 is 1.14 bits per heavy atom. The van der Waals surface area contributed by atoms with Crippen LogP contribution in [0.4, 0.5) is 5.69 Å². The van der Waals surface area contributed by atoms with Gasteiger partial charge in [0.05, 0.1) is 10.6 Å². The van der Waals surface area contributed by atoms with E-state index in [4.69, 9.17) is 0 Å². The third-order valence-electron chi connectivity index (χ3n) is 2.82. The van der Waals surface area contributed by atoms with Gasteiger partial charge in [0.25, 0.3) is 15.6 Å². The molecule has 0 aliphatic carbocycles. The summed E-state index contributed by atoms with van der Waals surface area (Å²) in [5, 5.41) is 0. The lowest BCUT2D eigenvalue weighted by atomic mass is 10.4. The predicted molar refractivity (Wildman–Crippen MR) is 85.9 cm³/mol. The van der Waals surface area contributed by atoms with Gasteiger partial charge in [-0.3, -0.25) is 9.52 Å². The Hall–Kier alpha value is -1.60. The summed E-state index contributed by atoms with van der Waals surface area (Å²) in [7, 11) is -3.66. The fraction of sp³-hybridized carbons (Fsp3) is 0.214. The topological polar surface area (TPSA) is 68.2 Å². The van der Waals surface area contributed by atoms with Gasteiger partial charge in [0.15, 0.2) is 0 Å². The molecule has 0 amide bonds. The zero-order valence-corrected chi connectivity index (χ0v) is 13.8. The van der Waals surface area contributed by atoms with Crippen LogP contribution >= 0.6 is 15.9 Å². The lowest BCUT2D eigenvalue weighted by molar-refractivity contribution is 0.601. The van der Waals surface area contributed by atoms with Gasteiger partial charge in [-0.25, -0.2) is 8.42 Å².